The minimum atomic E-state index is -5.00. The number of halogens is 15. The van der Waals surface area contributed by atoms with Gasteiger partial charge in [0, 0.05) is 6.54 Å². The van der Waals surface area contributed by atoms with Gasteiger partial charge in [-0.1, -0.05) is 0 Å². The van der Waals surface area contributed by atoms with Crippen molar-refractivity contribution in [1.82, 2.24) is 20.0 Å². The van der Waals surface area contributed by atoms with Gasteiger partial charge in [-0.05, 0) is 60.0 Å². The maximum absolute atomic E-state index is 13.5. The van der Waals surface area contributed by atoms with Crippen LogP contribution in [0, 0.1) is 6.04 Å². The van der Waals surface area contributed by atoms with Gasteiger partial charge in [-0.25, -0.2) is 13.2 Å². The van der Waals surface area contributed by atoms with Crippen LogP contribution in [0.1, 0.15) is 25.7 Å². The second-order valence-electron chi connectivity index (χ2n) is 8.61. The summed E-state index contributed by atoms with van der Waals surface area (Å²) in [6.07, 6.45) is -23.4. The fourth-order valence-corrected chi connectivity index (χ4v) is 3.97. The predicted octanol–water partition coefficient (Wildman–Crippen LogP) is -4.16. The van der Waals surface area contributed by atoms with Gasteiger partial charge >= 0.3 is 40.2 Å². The van der Waals surface area contributed by atoms with Gasteiger partial charge in [0.2, 0.25) is 0 Å². The summed E-state index contributed by atoms with van der Waals surface area (Å²) in [4.78, 5) is 1.64. The van der Waals surface area contributed by atoms with Crippen molar-refractivity contribution in [3.05, 3.63) is 6.04 Å². The molecular formula is C19H29Cl3F12N4Ti. The third-order valence-corrected chi connectivity index (χ3v) is 6.02. The average molecular weight is 696 g/mol. The number of rotatable bonds is 0. The molecule has 0 aromatic carbocycles. The smallest absolute Gasteiger partial charge is 1.00 e. The van der Waals surface area contributed by atoms with Crippen molar-refractivity contribution in [3.8, 4) is 0 Å². The molecule has 234 valence electrons. The fraction of sp³-hybridized carbons (Fsp3) is 0.947. The molecule has 0 aliphatic carbocycles. The second-order valence-corrected chi connectivity index (χ2v) is 8.61. The predicted molar refractivity (Wildman–Crippen MR) is 103 cm³/mol. The molecular weight excluding hydrogens is 666 g/mol. The first-order chi connectivity index (χ1) is 15.7. The first kappa shape index (κ1) is 46.5. The van der Waals surface area contributed by atoms with Crippen LogP contribution < -0.4 is 42.5 Å². The topological polar surface area (TPSA) is 21.8 Å². The molecule has 1 heterocycles. The van der Waals surface area contributed by atoms with E-state index in [0.717, 1.165) is 21.1 Å². The molecule has 4 nitrogen and oxygen atoms in total. The summed E-state index contributed by atoms with van der Waals surface area (Å²) in [7, 11) is 2.67. The van der Waals surface area contributed by atoms with E-state index in [9.17, 15) is 52.7 Å². The normalized spacial score (nSPS) is 25.5. The Hall–Kier alpha value is 0.584. The van der Waals surface area contributed by atoms with Gasteiger partial charge in [0.15, 0.2) is 0 Å². The van der Waals surface area contributed by atoms with Crippen LogP contribution in [-0.2, 0) is 21.7 Å². The average Bonchev–Trinajstić information content (AvgIpc) is 2.62. The Balaban J connectivity index is -0.00000153. The molecule has 3 atom stereocenters. The zero-order valence-electron chi connectivity index (χ0n) is 20.9. The molecule has 1 saturated heterocycles. The van der Waals surface area contributed by atoms with E-state index >= 15 is 0 Å². The van der Waals surface area contributed by atoms with Gasteiger partial charge < -0.3 is 47.4 Å². The van der Waals surface area contributed by atoms with E-state index in [1.54, 1.807) is 0 Å². The van der Waals surface area contributed by atoms with E-state index in [1.807, 2.05) is 5.32 Å². The van der Waals surface area contributed by atoms with Crippen molar-refractivity contribution in [1.29, 1.82) is 0 Å². The van der Waals surface area contributed by atoms with Gasteiger partial charge in [0.1, 0.15) is 18.1 Å². The minimum absolute atomic E-state index is 0. The van der Waals surface area contributed by atoms with Crippen LogP contribution in [-0.4, -0.2) is 105 Å². The molecule has 0 spiro atoms. The van der Waals surface area contributed by atoms with Crippen molar-refractivity contribution in [2.75, 3.05) is 47.3 Å². The van der Waals surface area contributed by atoms with E-state index in [4.69, 9.17) is 0 Å². The summed E-state index contributed by atoms with van der Waals surface area (Å²) in [5, 5.41) is 1.93. The fourth-order valence-electron chi connectivity index (χ4n) is 3.97. The van der Waals surface area contributed by atoms with Crippen LogP contribution in [0.4, 0.5) is 52.7 Å². The van der Waals surface area contributed by atoms with Crippen LogP contribution in [0.15, 0.2) is 0 Å². The van der Waals surface area contributed by atoms with Crippen LogP contribution in [0.25, 0.3) is 0 Å². The summed E-state index contributed by atoms with van der Waals surface area (Å²) in [6, 6.07) is -8.30. The third-order valence-electron chi connectivity index (χ3n) is 6.02. The molecule has 0 radical (unpaired) electrons. The zero-order valence-corrected chi connectivity index (χ0v) is 24.7. The van der Waals surface area contributed by atoms with E-state index in [1.165, 1.54) is 0 Å². The molecule has 39 heavy (non-hydrogen) atoms. The van der Waals surface area contributed by atoms with Crippen molar-refractivity contribution < 1.29 is 112 Å². The van der Waals surface area contributed by atoms with Crippen LogP contribution in [0.5, 0.6) is 0 Å². The molecule has 0 saturated carbocycles. The SMILES string of the molecule is CN1CCC(C(F)(F)F)N(C)CCC(C(F)(F)F)NCCC(C(F)(F)F)N(C)CC[C-]1C(F)(F)F.[Cl-].[Cl-].[Cl-].[Ti+4]. The van der Waals surface area contributed by atoms with Gasteiger partial charge in [-0.15, -0.1) is 12.5 Å². The summed E-state index contributed by atoms with van der Waals surface area (Å²) >= 11 is 0. The molecule has 1 N–H and O–H groups in total. The molecule has 3 unspecified atom stereocenters. The van der Waals surface area contributed by atoms with Crippen LogP contribution >= 0.6 is 0 Å². The number of alkyl halides is 12. The van der Waals surface area contributed by atoms with E-state index in [0.29, 0.717) is 14.7 Å². The molecule has 0 bridgehead atoms. The zero-order chi connectivity index (χ0) is 27.4. The monoisotopic (exact) mass is 694 g/mol. The molecule has 1 rings (SSSR count). The Morgan fingerprint density at radius 2 is 1.05 bits per heavy atom. The first-order valence-corrected chi connectivity index (χ1v) is 10.6. The van der Waals surface area contributed by atoms with Gasteiger partial charge in [0.05, 0.1) is 0 Å². The minimum Gasteiger partial charge on any atom is -1.00 e. The first-order valence-electron chi connectivity index (χ1n) is 10.6. The summed E-state index contributed by atoms with van der Waals surface area (Å²) in [5.41, 5.74) is 0. The molecule has 0 aromatic rings. The summed E-state index contributed by atoms with van der Waals surface area (Å²) in [6.45, 7) is -3.09. The quantitative estimate of drug-likeness (QED) is 0.158. The molecule has 1 aliphatic heterocycles. The number of nitrogens with one attached hydrogen (secondary N) is 1. The van der Waals surface area contributed by atoms with E-state index in [-0.39, 0.29) is 58.9 Å². The molecule has 20 heteroatoms. The Morgan fingerprint density at radius 1 is 0.615 bits per heavy atom. The third kappa shape index (κ3) is 15.6. The molecule has 1 fully saturated rings. The summed E-state index contributed by atoms with van der Waals surface area (Å²) in [5.74, 6) is 0. The van der Waals surface area contributed by atoms with Crippen LogP contribution in [0.2, 0.25) is 0 Å². The van der Waals surface area contributed by atoms with Crippen molar-refractivity contribution in [2.24, 2.45) is 0 Å². The van der Waals surface area contributed by atoms with Gasteiger partial charge in [-0.2, -0.15) is 39.5 Å². The number of hydrogen-bond acceptors (Lipinski definition) is 4. The number of nitrogens with zero attached hydrogens (tertiary/aromatic N) is 3. The van der Waals surface area contributed by atoms with Crippen LogP contribution in [0.3, 0.4) is 0 Å². The maximum atomic E-state index is 13.5. The maximum Gasteiger partial charge on any atom is 4.00 e. The van der Waals surface area contributed by atoms with Crippen molar-refractivity contribution in [3.63, 3.8) is 0 Å². The van der Waals surface area contributed by atoms with E-state index in [2.05, 4.69) is 0 Å². The van der Waals surface area contributed by atoms with Crippen molar-refractivity contribution >= 4 is 0 Å². The standard InChI is InChI=1S/C19H29F12N4.3ClH.Ti/c1-33-9-5-12(16(20,21)22)32-8-4-13(17(23,24)25)34(2)10-6-15(19(29,30)31)35(3)11-7-14(33)18(26,27)28;;;;/h12-14,32H,4-11H2,1-3H3;3*1H;/q-1;;;;+4/p-3. The second kappa shape index (κ2) is 18.3. The largest absolute Gasteiger partial charge is 4.00 e. The molecule has 0 amide bonds. The van der Waals surface area contributed by atoms with Gasteiger partial charge in [-0.3, -0.25) is 9.80 Å². The Labute approximate surface area is 253 Å². The molecule has 1 aliphatic rings. The Kier molecular flexibility index (Phi) is 21.8. The summed E-state index contributed by atoms with van der Waals surface area (Å²) < 4.78 is 162. The number of hydrogen-bond donors (Lipinski definition) is 1. The molecule has 0 aromatic heterocycles. The Bertz CT molecular complexity index is 653. The van der Waals surface area contributed by atoms with E-state index < -0.39 is 101 Å². The Morgan fingerprint density at radius 3 is 1.46 bits per heavy atom. The van der Waals surface area contributed by atoms with Crippen molar-refractivity contribution in [2.45, 2.75) is 68.5 Å². The van der Waals surface area contributed by atoms with Gasteiger partial charge in [0.25, 0.3) is 6.18 Å².